The van der Waals surface area contributed by atoms with E-state index >= 15 is 0 Å². The summed E-state index contributed by atoms with van der Waals surface area (Å²) >= 11 is 0. The number of carbonyl (C=O) groups excluding carboxylic acids is 1. The molecule has 0 amide bonds. The molecule has 1 aromatic carbocycles. The van der Waals surface area contributed by atoms with Gasteiger partial charge in [0.15, 0.2) is 0 Å². The van der Waals surface area contributed by atoms with Crippen molar-refractivity contribution in [1.82, 2.24) is 0 Å². The molecule has 0 bridgehead atoms. The summed E-state index contributed by atoms with van der Waals surface area (Å²) in [7, 11) is 0. The van der Waals surface area contributed by atoms with Gasteiger partial charge in [-0.1, -0.05) is 24.3 Å². The molecule has 0 spiro atoms. The molecule has 0 saturated carbocycles. The quantitative estimate of drug-likeness (QED) is 0.584. The van der Waals surface area contributed by atoms with E-state index in [2.05, 4.69) is 0 Å². The highest BCUT2D eigenvalue weighted by molar-refractivity contribution is 5.86. The van der Waals surface area contributed by atoms with Crippen molar-refractivity contribution in [2.75, 3.05) is 0 Å². The molecule has 0 saturated heterocycles. The lowest BCUT2D eigenvalue weighted by atomic mass is 10.0. The summed E-state index contributed by atoms with van der Waals surface area (Å²) in [5.74, 6) is 0. The average molecular weight is 189 g/mol. The number of allylic oxidation sites excluding steroid dienone is 2. The standard InChI is InChI=1S/C12H15NO/c1-9(8-14)10(2)12-5-3-4-11(6-12)7-13/h3-6,8H,7,13H2,1-2H3/b10-9+. The van der Waals surface area contributed by atoms with Crippen molar-refractivity contribution in [2.45, 2.75) is 20.4 Å². The fourth-order valence-electron chi connectivity index (χ4n) is 1.25. The van der Waals surface area contributed by atoms with Crippen LogP contribution in [0.5, 0.6) is 0 Å². The van der Waals surface area contributed by atoms with Crippen molar-refractivity contribution in [2.24, 2.45) is 5.73 Å². The van der Waals surface area contributed by atoms with Crippen LogP contribution in [-0.2, 0) is 11.3 Å². The summed E-state index contributed by atoms with van der Waals surface area (Å²) in [6.07, 6.45) is 0.879. The van der Waals surface area contributed by atoms with Gasteiger partial charge >= 0.3 is 0 Å². The van der Waals surface area contributed by atoms with E-state index in [1.165, 1.54) is 0 Å². The molecule has 0 atom stereocenters. The molecule has 0 unspecified atom stereocenters. The Hall–Kier alpha value is -1.41. The van der Waals surface area contributed by atoms with Crippen molar-refractivity contribution in [1.29, 1.82) is 0 Å². The molecule has 0 heterocycles. The molecule has 0 aliphatic carbocycles. The summed E-state index contributed by atoms with van der Waals surface area (Å²) in [6, 6.07) is 7.94. The number of carbonyl (C=O) groups is 1. The predicted molar refractivity (Wildman–Crippen MR) is 58.7 cm³/mol. The van der Waals surface area contributed by atoms with Gasteiger partial charge in [-0.15, -0.1) is 0 Å². The molecule has 1 rings (SSSR count). The van der Waals surface area contributed by atoms with Crippen LogP contribution in [0.4, 0.5) is 0 Å². The third-order valence-electron chi connectivity index (χ3n) is 2.36. The smallest absolute Gasteiger partial charge is 0.146 e. The maximum absolute atomic E-state index is 10.6. The van der Waals surface area contributed by atoms with Crippen molar-refractivity contribution in [3.63, 3.8) is 0 Å². The highest BCUT2D eigenvalue weighted by Crippen LogP contribution is 2.17. The molecule has 2 heteroatoms. The fraction of sp³-hybridized carbons (Fsp3) is 0.250. The lowest BCUT2D eigenvalue weighted by molar-refractivity contribution is -0.104. The zero-order valence-electron chi connectivity index (χ0n) is 8.58. The largest absolute Gasteiger partial charge is 0.326 e. The molecule has 74 valence electrons. The Morgan fingerprint density at radius 3 is 2.71 bits per heavy atom. The molecule has 14 heavy (non-hydrogen) atoms. The molecule has 1 aromatic rings. The van der Waals surface area contributed by atoms with Gasteiger partial charge in [-0.2, -0.15) is 0 Å². The van der Waals surface area contributed by atoms with Crippen LogP contribution in [0, 0.1) is 0 Å². The normalized spacial score (nSPS) is 12.2. The Morgan fingerprint density at radius 2 is 2.14 bits per heavy atom. The Labute approximate surface area is 84.4 Å². The lowest BCUT2D eigenvalue weighted by Crippen LogP contribution is -1.97. The van der Waals surface area contributed by atoms with E-state index in [0.717, 1.165) is 28.6 Å². The molecule has 0 aliphatic rings. The van der Waals surface area contributed by atoms with Gasteiger partial charge < -0.3 is 5.73 Å². The Bertz CT molecular complexity index is 366. The summed E-state index contributed by atoms with van der Waals surface area (Å²) in [6.45, 7) is 4.29. The second-order valence-corrected chi connectivity index (χ2v) is 3.33. The minimum absolute atomic E-state index is 0.529. The fourth-order valence-corrected chi connectivity index (χ4v) is 1.25. The second kappa shape index (κ2) is 4.72. The maximum Gasteiger partial charge on any atom is 0.146 e. The van der Waals surface area contributed by atoms with Crippen LogP contribution in [0.1, 0.15) is 25.0 Å². The van der Waals surface area contributed by atoms with Crippen molar-refractivity contribution in [3.8, 4) is 0 Å². The van der Waals surface area contributed by atoms with Gasteiger partial charge in [-0.05, 0) is 36.1 Å². The van der Waals surface area contributed by atoms with Crippen LogP contribution in [0.3, 0.4) is 0 Å². The number of benzene rings is 1. The first-order valence-electron chi connectivity index (χ1n) is 4.61. The molecule has 0 aliphatic heterocycles. The zero-order chi connectivity index (χ0) is 10.6. The number of nitrogens with two attached hydrogens (primary N) is 1. The summed E-state index contributed by atoms with van der Waals surface area (Å²) in [4.78, 5) is 10.6. The minimum Gasteiger partial charge on any atom is -0.326 e. The third kappa shape index (κ3) is 2.30. The van der Waals surface area contributed by atoms with Gasteiger partial charge in [0, 0.05) is 6.54 Å². The highest BCUT2D eigenvalue weighted by atomic mass is 16.1. The van der Waals surface area contributed by atoms with Gasteiger partial charge in [0.2, 0.25) is 0 Å². The number of hydrogen-bond acceptors (Lipinski definition) is 2. The molecular weight excluding hydrogens is 174 g/mol. The average Bonchev–Trinajstić information content (AvgIpc) is 2.27. The van der Waals surface area contributed by atoms with Gasteiger partial charge in [0.25, 0.3) is 0 Å². The van der Waals surface area contributed by atoms with Crippen LogP contribution < -0.4 is 5.73 Å². The third-order valence-corrected chi connectivity index (χ3v) is 2.36. The lowest BCUT2D eigenvalue weighted by Gasteiger charge is -2.05. The van der Waals surface area contributed by atoms with Crippen LogP contribution in [0.15, 0.2) is 29.8 Å². The van der Waals surface area contributed by atoms with E-state index in [0.29, 0.717) is 6.54 Å². The summed E-state index contributed by atoms with van der Waals surface area (Å²) < 4.78 is 0. The maximum atomic E-state index is 10.6. The van der Waals surface area contributed by atoms with Gasteiger partial charge in [-0.25, -0.2) is 0 Å². The zero-order valence-corrected chi connectivity index (χ0v) is 8.58. The van der Waals surface area contributed by atoms with Crippen molar-refractivity contribution < 1.29 is 4.79 Å². The first kappa shape index (κ1) is 10.7. The van der Waals surface area contributed by atoms with Crippen LogP contribution >= 0.6 is 0 Å². The molecule has 0 fully saturated rings. The number of hydrogen-bond donors (Lipinski definition) is 1. The summed E-state index contributed by atoms with van der Waals surface area (Å²) in [5.41, 5.74) is 9.47. The van der Waals surface area contributed by atoms with E-state index in [4.69, 9.17) is 5.73 Å². The molecule has 2 N–H and O–H groups in total. The first-order valence-corrected chi connectivity index (χ1v) is 4.61. The van der Waals surface area contributed by atoms with E-state index in [9.17, 15) is 4.79 Å². The highest BCUT2D eigenvalue weighted by Gasteiger charge is 2.00. The molecule has 0 aromatic heterocycles. The van der Waals surface area contributed by atoms with Crippen molar-refractivity contribution in [3.05, 3.63) is 41.0 Å². The van der Waals surface area contributed by atoms with Crippen LogP contribution in [0.2, 0.25) is 0 Å². The first-order chi connectivity index (χ1) is 6.69. The van der Waals surface area contributed by atoms with Gasteiger partial charge in [-0.3, -0.25) is 4.79 Å². The van der Waals surface area contributed by atoms with Crippen molar-refractivity contribution >= 4 is 11.9 Å². The number of rotatable bonds is 3. The molecule has 2 nitrogen and oxygen atoms in total. The Morgan fingerprint density at radius 1 is 1.43 bits per heavy atom. The topological polar surface area (TPSA) is 43.1 Å². The molecular formula is C12H15NO. The minimum atomic E-state index is 0.529. The van der Waals surface area contributed by atoms with Gasteiger partial charge in [0.1, 0.15) is 6.29 Å². The van der Waals surface area contributed by atoms with E-state index in [-0.39, 0.29) is 0 Å². The van der Waals surface area contributed by atoms with Crippen LogP contribution in [-0.4, -0.2) is 6.29 Å². The Kier molecular flexibility index (Phi) is 3.60. The second-order valence-electron chi connectivity index (χ2n) is 3.33. The summed E-state index contributed by atoms with van der Waals surface area (Å²) in [5, 5.41) is 0. The van der Waals surface area contributed by atoms with E-state index in [1.54, 1.807) is 0 Å². The SMILES string of the molecule is C/C(C=O)=C(/C)c1cccc(CN)c1. The van der Waals surface area contributed by atoms with Gasteiger partial charge in [0.05, 0.1) is 0 Å². The molecule has 0 radical (unpaired) electrons. The Balaban J connectivity index is 3.13. The van der Waals surface area contributed by atoms with Crippen LogP contribution in [0.25, 0.3) is 5.57 Å². The predicted octanol–water partition coefficient (Wildman–Crippen LogP) is 2.14. The van der Waals surface area contributed by atoms with E-state index in [1.807, 2.05) is 38.1 Å². The monoisotopic (exact) mass is 189 g/mol. The van der Waals surface area contributed by atoms with E-state index < -0.39 is 0 Å². The number of aldehydes is 1.